The molecule has 156 valence electrons. The molecule has 0 bridgehead atoms. The van der Waals surface area contributed by atoms with Crippen LogP contribution in [0.25, 0.3) is 21.7 Å². The van der Waals surface area contributed by atoms with E-state index in [2.05, 4.69) is 29.1 Å². The fourth-order valence-electron chi connectivity index (χ4n) is 3.48. The van der Waals surface area contributed by atoms with Crippen LogP contribution in [0.15, 0.2) is 70.6 Å². The van der Waals surface area contributed by atoms with E-state index in [1.54, 1.807) is 24.3 Å². The minimum atomic E-state index is -3.79. The molecule has 0 fully saturated rings. The minimum Gasteiger partial charge on any atom is -0.494 e. The third-order valence-electron chi connectivity index (χ3n) is 5.29. The summed E-state index contributed by atoms with van der Waals surface area (Å²) in [7, 11) is -1.71. The van der Waals surface area contributed by atoms with Crippen LogP contribution >= 0.6 is 0 Å². The zero-order chi connectivity index (χ0) is 21.1. The Balaban J connectivity index is 1.67. The molecule has 30 heavy (non-hydrogen) atoms. The molecule has 0 saturated carbocycles. The summed E-state index contributed by atoms with van der Waals surface area (Å²) >= 11 is 0. The summed E-state index contributed by atoms with van der Waals surface area (Å²) in [5.41, 5.74) is 0.590. The number of H-pyrrole nitrogens is 1. The van der Waals surface area contributed by atoms with E-state index in [0.29, 0.717) is 28.6 Å². The topological polar surface area (TPSA) is 75.3 Å². The van der Waals surface area contributed by atoms with Crippen LogP contribution in [0.1, 0.15) is 13.3 Å². The van der Waals surface area contributed by atoms with E-state index in [0.717, 1.165) is 24.9 Å². The molecule has 1 aromatic heterocycles. The van der Waals surface area contributed by atoms with Crippen LogP contribution in [-0.2, 0) is 9.84 Å². The summed E-state index contributed by atoms with van der Waals surface area (Å²) in [6, 6.07) is 18.1. The van der Waals surface area contributed by atoms with Crippen LogP contribution in [0.2, 0.25) is 0 Å². The van der Waals surface area contributed by atoms with Crippen molar-refractivity contribution in [3.63, 3.8) is 0 Å². The number of hydrogen-bond acceptors (Lipinski definition) is 5. The smallest absolute Gasteiger partial charge is 0.224 e. The summed E-state index contributed by atoms with van der Waals surface area (Å²) in [6.45, 7) is 4.63. The van der Waals surface area contributed by atoms with Crippen molar-refractivity contribution in [2.45, 2.75) is 23.3 Å². The fourth-order valence-corrected chi connectivity index (χ4v) is 5.05. The predicted molar refractivity (Wildman–Crippen MR) is 119 cm³/mol. The van der Waals surface area contributed by atoms with Gasteiger partial charge >= 0.3 is 0 Å². The van der Waals surface area contributed by atoms with Crippen molar-refractivity contribution in [3.05, 3.63) is 60.7 Å². The zero-order valence-electron chi connectivity index (χ0n) is 17.1. The molecule has 4 aromatic rings. The summed E-state index contributed by atoms with van der Waals surface area (Å²) in [5.74, 6) is 0.637. The van der Waals surface area contributed by atoms with Gasteiger partial charge in [-0.2, -0.15) is 5.10 Å². The van der Waals surface area contributed by atoms with E-state index >= 15 is 0 Å². The average molecular weight is 424 g/mol. The average Bonchev–Trinajstić information content (AvgIpc) is 3.20. The highest BCUT2D eigenvalue weighted by Crippen LogP contribution is 2.32. The zero-order valence-corrected chi connectivity index (χ0v) is 17.9. The first kappa shape index (κ1) is 20.4. The van der Waals surface area contributed by atoms with E-state index in [1.807, 2.05) is 36.4 Å². The maximum absolute atomic E-state index is 13.5. The monoisotopic (exact) mass is 423 g/mol. The Morgan fingerprint density at radius 2 is 1.83 bits per heavy atom. The van der Waals surface area contributed by atoms with E-state index in [-0.39, 0.29) is 9.92 Å². The summed E-state index contributed by atoms with van der Waals surface area (Å²) in [4.78, 5) is 2.48. The second kappa shape index (κ2) is 8.45. The van der Waals surface area contributed by atoms with E-state index in [4.69, 9.17) is 4.74 Å². The van der Waals surface area contributed by atoms with Crippen LogP contribution in [-0.4, -0.2) is 50.3 Å². The molecular weight excluding hydrogens is 398 g/mol. The summed E-state index contributed by atoms with van der Waals surface area (Å²) in [6.07, 6.45) is 0.898. The van der Waals surface area contributed by atoms with Gasteiger partial charge < -0.3 is 9.64 Å². The lowest BCUT2D eigenvalue weighted by molar-refractivity contribution is 0.268. The van der Waals surface area contributed by atoms with Gasteiger partial charge in [0.15, 0.2) is 5.03 Å². The molecule has 0 aliphatic rings. The van der Waals surface area contributed by atoms with Gasteiger partial charge in [-0.15, -0.1) is 0 Å². The lowest BCUT2D eigenvalue weighted by Gasteiger charge is -2.13. The van der Waals surface area contributed by atoms with Crippen molar-refractivity contribution < 1.29 is 13.2 Å². The molecule has 4 rings (SSSR count). The third kappa shape index (κ3) is 3.91. The quantitative estimate of drug-likeness (QED) is 0.428. The Bertz CT molecular complexity index is 1280. The Morgan fingerprint density at radius 3 is 2.67 bits per heavy atom. The third-order valence-corrected chi connectivity index (χ3v) is 7.07. The fraction of sp³-hybridized carbons (Fsp3) is 0.261. The Kier molecular flexibility index (Phi) is 5.74. The van der Waals surface area contributed by atoms with Gasteiger partial charge in [-0.25, -0.2) is 8.42 Å². The summed E-state index contributed by atoms with van der Waals surface area (Å²) < 4.78 is 32.8. The van der Waals surface area contributed by atoms with Crippen molar-refractivity contribution in [3.8, 4) is 5.75 Å². The van der Waals surface area contributed by atoms with Gasteiger partial charge in [0, 0.05) is 17.3 Å². The largest absolute Gasteiger partial charge is 0.494 e. The molecule has 0 unspecified atom stereocenters. The first-order valence-corrected chi connectivity index (χ1v) is 11.5. The molecule has 0 aliphatic carbocycles. The Hall–Kier alpha value is -2.90. The van der Waals surface area contributed by atoms with Crippen LogP contribution < -0.4 is 4.74 Å². The highest BCUT2D eigenvalue weighted by molar-refractivity contribution is 7.91. The number of nitrogens with one attached hydrogen (secondary N) is 1. The number of benzene rings is 3. The molecule has 6 nitrogen and oxygen atoms in total. The van der Waals surface area contributed by atoms with E-state index in [1.165, 1.54) is 0 Å². The molecule has 0 radical (unpaired) electrons. The number of rotatable bonds is 8. The van der Waals surface area contributed by atoms with Crippen molar-refractivity contribution in [2.75, 3.05) is 26.7 Å². The van der Waals surface area contributed by atoms with Crippen LogP contribution in [0.4, 0.5) is 0 Å². The first-order chi connectivity index (χ1) is 14.5. The highest BCUT2D eigenvalue weighted by Gasteiger charge is 2.25. The highest BCUT2D eigenvalue weighted by atomic mass is 32.2. The standard InChI is InChI=1S/C23H25N3O3S/c1-3-26(2)14-7-15-29-18-12-13-21-20(16-18)23(25-24-21)30(27,28)22-11-6-9-17-8-4-5-10-19(17)22/h4-6,8-13,16H,3,7,14-15H2,1-2H3,(H,24,25). The molecule has 0 aliphatic heterocycles. The SMILES string of the molecule is CCN(C)CCCOc1ccc2n[nH]c(S(=O)(=O)c3cccc4ccccc34)c2c1. The van der Waals surface area contributed by atoms with Crippen LogP contribution in [0.3, 0.4) is 0 Å². The molecule has 0 spiro atoms. The predicted octanol–water partition coefficient (Wildman–Crippen LogP) is 4.27. The van der Waals surface area contributed by atoms with Crippen LogP contribution in [0.5, 0.6) is 5.75 Å². The second-order valence-corrected chi connectivity index (χ2v) is 9.17. The van der Waals surface area contributed by atoms with Crippen molar-refractivity contribution in [1.82, 2.24) is 15.1 Å². The lowest BCUT2D eigenvalue weighted by atomic mass is 10.1. The number of aromatic amines is 1. The Labute approximate surface area is 176 Å². The number of ether oxygens (including phenoxy) is 1. The normalized spacial score (nSPS) is 12.1. The van der Waals surface area contributed by atoms with E-state index in [9.17, 15) is 8.42 Å². The first-order valence-electron chi connectivity index (χ1n) is 10.0. The molecule has 7 heteroatoms. The second-order valence-electron chi connectivity index (χ2n) is 7.31. The molecule has 0 amide bonds. The molecule has 0 saturated heterocycles. The van der Waals surface area contributed by atoms with Gasteiger partial charge in [0.1, 0.15) is 5.75 Å². The number of fused-ring (bicyclic) bond motifs is 2. The molecular formula is C23H25N3O3S. The number of sulfone groups is 1. The van der Waals surface area contributed by atoms with Crippen molar-refractivity contribution >= 4 is 31.5 Å². The van der Waals surface area contributed by atoms with Gasteiger partial charge in [0.25, 0.3) is 0 Å². The molecule has 0 atom stereocenters. The number of hydrogen-bond donors (Lipinski definition) is 1. The molecule has 3 aromatic carbocycles. The minimum absolute atomic E-state index is 0.0880. The van der Waals surface area contributed by atoms with Crippen LogP contribution in [0, 0.1) is 0 Å². The van der Waals surface area contributed by atoms with Gasteiger partial charge in [-0.3, -0.25) is 5.10 Å². The Morgan fingerprint density at radius 1 is 1.03 bits per heavy atom. The maximum atomic E-state index is 13.5. The van der Waals surface area contributed by atoms with Gasteiger partial charge in [-0.1, -0.05) is 43.3 Å². The number of aromatic nitrogens is 2. The maximum Gasteiger partial charge on any atom is 0.224 e. The van der Waals surface area contributed by atoms with E-state index < -0.39 is 9.84 Å². The molecule has 1 N–H and O–H groups in total. The van der Waals surface area contributed by atoms with Crippen molar-refractivity contribution in [1.29, 1.82) is 0 Å². The van der Waals surface area contributed by atoms with Gasteiger partial charge in [0.2, 0.25) is 9.84 Å². The number of nitrogens with zero attached hydrogens (tertiary/aromatic N) is 2. The molecule has 1 heterocycles. The van der Waals surface area contributed by atoms with Gasteiger partial charge in [-0.05, 0) is 49.7 Å². The summed E-state index contributed by atoms with van der Waals surface area (Å²) in [5, 5.41) is 9.12. The van der Waals surface area contributed by atoms with Gasteiger partial charge in [0.05, 0.1) is 17.0 Å². The lowest BCUT2D eigenvalue weighted by Crippen LogP contribution is -2.20. The van der Waals surface area contributed by atoms with Crippen molar-refractivity contribution in [2.24, 2.45) is 0 Å².